The standard InChI is InChI=1S/C53H41N3O.Pt/c1-34-19-21-40(22-20-34)41-23-24-54-49(33-41)45-30-43(39-15-10-7-11-16-39)29-44(31-45)47-17-12-18-50-51(47)55-53(48-28-35(2)25-37(4)52(48)57-5)56(50)46-27-36(3)26-42(32-46)38-13-8-6-9-14-38;/h6-30,32-33H,5H2,1-4H3;/q-2;+2/i3D3;. The first-order valence-corrected chi connectivity index (χ1v) is 19.0. The second kappa shape index (κ2) is 16.3. The number of rotatable bonds is 8. The quantitative estimate of drug-likeness (QED) is 0.143. The molecule has 0 atom stereocenters. The van der Waals surface area contributed by atoms with E-state index in [1.54, 1.807) is 12.1 Å². The van der Waals surface area contributed by atoms with Crippen LogP contribution in [0.3, 0.4) is 0 Å². The van der Waals surface area contributed by atoms with Crippen molar-refractivity contribution in [1.82, 2.24) is 14.5 Å². The minimum absolute atomic E-state index is 0. The van der Waals surface area contributed by atoms with E-state index >= 15 is 0 Å². The molecule has 9 aromatic rings. The maximum atomic E-state index is 8.53. The van der Waals surface area contributed by atoms with Gasteiger partial charge in [-0.15, -0.1) is 23.8 Å². The maximum Gasteiger partial charge on any atom is 2.00 e. The molecule has 0 spiro atoms. The number of benzene rings is 7. The number of fused-ring (bicyclic) bond motifs is 1. The Morgan fingerprint density at radius 2 is 1.28 bits per heavy atom. The first-order chi connectivity index (χ1) is 29.0. The third-order valence-corrected chi connectivity index (χ3v) is 10.5. The molecule has 0 saturated carbocycles. The fourth-order valence-corrected chi connectivity index (χ4v) is 7.76. The van der Waals surface area contributed by atoms with Gasteiger partial charge in [-0.25, -0.2) is 4.98 Å². The molecule has 7 aromatic carbocycles. The predicted octanol–water partition coefficient (Wildman–Crippen LogP) is 13.6. The summed E-state index contributed by atoms with van der Waals surface area (Å²) in [4.78, 5) is 10.3. The number of para-hydroxylation sites is 1. The van der Waals surface area contributed by atoms with E-state index < -0.39 is 6.85 Å². The number of hydrogen-bond donors (Lipinski definition) is 0. The van der Waals surface area contributed by atoms with Gasteiger partial charge in [0.05, 0.1) is 22.3 Å². The van der Waals surface area contributed by atoms with Crippen molar-refractivity contribution in [2.45, 2.75) is 27.6 Å². The van der Waals surface area contributed by atoms with E-state index in [4.69, 9.17) is 18.8 Å². The largest absolute Gasteiger partial charge is 2.00 e. The molecule has 4 nitrogen and oxygen atoms in total. The van der Waals surface area contributed by atoms with Crippen molar-refractivity contribution < 1.29 is 29.9 Å². The minimum atomic E-state index is -2.36. The summed E-state index contributed by atoms with van der Waals surface area (Å²) in [5.41, 5.74) is 15.6. The van der Waals surface area contributed by atoms with Crippen LogP contribution in [0.4, 0.5) is 0 Å². The van der Waals surface area contributed by atoms with Crippen LogP contribution in [0.1, 0.15) is 26.4 Å². The maximum absolute atomic E-state index is 8.53. The molecule has 0 aliphatic rings. The molecule has 0 amide bonds. The number of nitrogens with zero attached hydrogens (tertiary/aromatic N) is 3. The number of hydrogen-bond acceptors (Lipinski definition) is 3. The third kappa shape index (κ3) is 7.44. The van der Waals surface area contributed by atoms with Gasteiger partial charge < -0.3 is 4.74 Å². The van der Waals surface area contributed by atoms with Crippen LogP contribution in [-0.4, -0.2) is 14.5 Å². The topological polar surface area (TPSA) is 39.9 Å². The smallest absolute Gasteiger partial charge is 0.665 e. The second-order valence-electron chi connectivity index (χ2n) is 14.5. The van der Waals surface area contributed by atoms with E-state index in [1.165, 1.54) is 5.56 Å². The molecule has 0 radical (unpaired) electrons. The zero-order chi connectivity index (χ0) is 41.5. The molecule has 0 unspecified atom stereocenters. The Balaban J connectivity index is 0.00000514. The van der Waals surface area contributed by atoms with Crippen molar-refractivity contribution in [1.29, 1.82) is 0 Å². The summed E-state index contributed by atoms with van der Waals surface area (Å²) in [5, 5.41) is 0. The first kappa shape index (κ1) is 34.9. The van der Waals surface area contributed by atoms with E-state index in [9.17, 15) is 0 Å². The van der Waals surface area contributed by atoms with Crippen molar-refractivity contribution in [2.75, 3.05) is 0 Å². The molecule has 0 aliphatic heterocycles. The SMILES string of the molecule is [2H]C([2H])([2H])c1cc(-c2ccccc2)cc(-n2c(-c3cc(C)cc(C)c3O[CH2-])nc3c(-c4[c-]c(-c5cc(-c6ccc(C)cc6)ccn5)cc(-c5ccccc5)c4)cccc32)c1.[Pt+2]. The van der Waals surface area contributed by atoms with Gasteiger partial charge in [0.1, 0.15) is 5.82 Å². The van der Waals surface area contributed by atoms with Gasteiger partial charge in [0.15, 0.2) is 0 Å². The van der Waals surface area contributed by atoms with Crippen molar-refractivity contribution in [3.8, 4) is 78.6 Å². The molecule has 9 rings (SSSR count). The van der Waals surface area contributed by atoms with Gasteiger partial charge in [-0.05, 0) is 102 Å². The van der Waals surface area contributed by atoms with E-state index in [-0.39, 0.29) is 26.6 Å². The Bertz CT molecular complexity index is 3030. The van der Waals surface area contributed by atoms with E-state index in [0.29, 0.717) is 17.3 Å². The molecule has 0 fully saturated rings. The van der Waals surface area contributed by atoms with Gasteiger partial charge >= 0.3 is 21.1 Å². The van der Waals surface area contributed by atoms with Crippen molar-refractivity contribution in [3.63, 3.8) is 0 Å². The Morgan fingerprint density at radius 1 is 0.586 bits per heavy atom. The van der Waals surface area contributed by atoms with Gasteiger partial charge in [-0.3, -0.25) is 9.55 Å². The molecule has 2 aromatic heterocycles. The van der Waals surface area contributed by atoms with Gasteiger partial charge in [0.2, 0.25) is 0 Å². The normalized spacial score (nSPS) is 12.0. The number of imidazole rings is 1. The minimum Gasteiger partial charge on any atom is -0.665 e. The Hall–Kier alpha value is -6.35. The molecule has 284 valence electrons. The fraction of sp³-hybridized carbons (Fsp3) is 0.0755. The number of ether oxygens (including phenoxy) is 1. The van der Waals surface area contributed by atoms with Crippen LogP contribution >= 0.6 is 0 Å². The van der Waals surface area contributed by atoms with Gasteiger partial charge in [0.25, 0.3) is 0 Å². The predicted molar refractivity (Wildman–Crippen MR) is 235 cm³/mol. The summed E-state index contributed by atoms with van der Waals surface area (Å²) >= 11 is 0. The average Bonchev–Trinajstić information content (AvgIpc) is 3.66. The Labute approximate surface area is 359 Å². The van der Waals surface area contributed by atoms with Crippen molar-refractivity contribution >= 4 is 11.0 Å². The first-order valence-electron chi connectivity index (χ1n) is 20.5. The van der Waals surface area contributed by atoms with E-state index in [0.717, 1.165) is 83.5 Å². The Morgan fingerprint density at radius 3 is 1.98 bits per heavy atom. The summed E-state index contributed by atoms with van der Waals surface area (Å²) in [6.07, 6.45) is 1.85. The van der Waals surface area contributed by atoms with E-state index in [1.807, 2.05) is 103 Å². The molecule has 5 heteroatoms. The number of pyridine rings is 1. The van der Waals surface area contributed by atoms with Gasteiger partial charge in [-0.1, -0.05) is 138 Å². The monoisotopic (exact) mass is 933 g/mol. The molecule has 2 heterocycles. The van der Waals surface area contributed by atoms with Crippen LogP contribution in [0.5, 0.6) is 5.75 Å². The molecule has 0 N–H and O–H groups in total. The summed E-state index contributed by atoms with van der Waals surface area (Å²) in [7, 11) is 3.84. The zero-order valence-corrected chi connectivity index (χ0v) is 34.6. The summed E-state index contributed by atoms with van der Waals surface area (Å²) in [6.45, 7) is 3.76. The molecule has 0 saturated heterocycles. The molecular weight excluding hydrogens is 890 g/mol. The van der Waals surface area contributed by atoms with Crippen LogP contribution in [0.15, 0.2) is 164 Å². The zero-order valence-electron chi connectivity index (χ0n) is 35.4. The van der Waals surface area contributed by atoms with Crippen LogP contribution in [-0.2, 0) is 21.1 Å². The second-order valence-corrected chi connectivity index (χ2v) is 14.5. The van der Waals surface area contributed by atoms with Crippen LogP contribution in [0.25, 0.3) is 83.9 Å². The van der Waals surface area contributed by atoms with E-state index in [2.05, 4.69) is 86.8 Å². The number of aromatic nitrogens is 3. The van der Waals surface area contributed by atoms with Crippen molar-refractivity contribution in [3.05, 3.63) is 199 Å². The molecule has 0 aliphatic carbocycles. The van der Waals surface area contributed by atoms with Crippen molar-refractivity contribution in [2.24, 2.45) is 0 Å². The third-order valence-electron chi connectivity index (χ3n) is 10.5. The van der Waals surface area contributed by atoms with Crippen LogP contribution < -0.4 is 4.74 Å². The molecule has 0 bridgehead atoms. The van der Waals surface area contributed by atoms with Crippen LogP contribution in [0, 0.1) is 40.8 Å². The summed E-state index contributed by atoms with van der Waals surface area (Å²) < 4.78 is 33.5. The fourth-order valence-electron chi connectivity index (χ4n) is 7.76. The Kier molecular flexibility index (Phi) is 9.77. The summed E-state index contributed by atoms with van der Waals surface area (Å²) in [6, 6.07) is 56.6. The average molecular weight is 934 g/mol. The van der Waals surface area contributed by atoms with Gasteiger partial charge in [0, 0.05) is 21.7 Å². The number of aryl methyl sites for hydroxylation is 4. The van der Waals surface area contributed by atoms with Crippen LogP contribution in [0.2, 0.25) is 0 Å². The molecular formula is C53H41N3OPt. The summed E-state index contributed by atoms with van der Waals surface area (Å²) in [5.74, 6) is 1.19. The van der Waals surface area contributed by atoms with Gasteiger partial charge in [-0.2, -0.15) is 7.11 Å². The molecule has 58 heavy (non-hydrogen) atoms.